The van der Waals surface area contributed by atoms with Crippen molar-refractivity contribution in [1.29, 1.82) is 0 Å². The predicted octanol–water partition coefficient (Wildman–Crippen LogP) is 2.50. The fourth-order valence-corrected chi connectivity index (χ4v) is 3.09. The molecule has 1 heterocycles. The highest BCUT2D eigenvalue weighted by Gasteiger charge is 2.25. The van der Waals surface area contributed by atoms with Gasteiger partial charge >= 0.3 is 0 Å². The Hall–Kier alpha value is -1.22. The Labute approximate surface area is 117 Å². The summed E-state index contributed by atoms with van der Waals surface area (Å²) < 4.78 is 0. The minimum atomic E-state index is 0.662. The van der Waals surface area contributed by atoms with Crippen LogP contribution in [-0.4, -0.2) is 40.3 Å². The van der Waals surface area contributed by atoms with Crippen LogP contribution in [0.4, 0.5) is 11.4 Å². The first kappa shape index (κ1) is 14.2. The molecule has 3 nitrogen and oxygen atoms in total. The summed E-state index contributed by atoms with van der Waals surface area (Å²) >= 11 is 0. The molecule has 106 valence electrons. The van der Waals surface area contributed by atoms with Crippen LogP contribution in [0.3, 0.4) is 0 Å². The Bertz CT molecular complexity index is 428. The van der Waals surface area contributed by atoms with E-state index in [1.54, 1.807) is 0 Å². The van der Waals surface area contributed by atoms with Gasteiger partial charge in [-0.15, -0.1) is 0 Å². The molecule has 1 saturated heterocycles. The van der Waals surface area contributed by atoms with Crippen LogP contribution in [0.15, 0.2) is 18.2 Å². The zero-order valence-corrected chi connectivity index (χ0v) is 12.9. The maximum atomic E-state index is 3.43. The van der Waals surface area contributed by atoms with Crippen LogP contribution in [-0.2, 0) is 0 Å². The van der Waals surface area contributed by atoms with E-state index < -0.39 is 0 Å². The largest absolute Gasteiger partial charge is 0.377 e. The average Bonchev–Trinajstić information content (AvgIpc) is 2.38. The molecule has 1 aromatic carbocycles. The maximum absolute atomic E-state index is 3.43. The summed E-state index contributed by atoms with van der Waals surface area (Å²) in [6.45, 7) is 6.80. The van der Waals surface area contributed by atoms with Crippen molar-refractivity contribution >= 4 is 11.4 Å². The number of hydrogen-bond donors (Lipinski definition) is 1. The molecule has 0 saturated carbocycles. The van der Waals surface area contributed by atoms with Crippen molar-refractivity contribution < 1.29 is 0 Å². The summed E-state index contributed by atoms with van der Waals surface area (Å²) in [6, 6.07) is 7.48. The van der Waals surface area contributed by atoms with E-state index >= 15 is 0 Å². The molecule has 0 bridgehead atoms. The lowest BCUT2D eigenvalue weighted by atomic mass is 9.93. The molecular formula is C16H27N3. The number of nitrogens with one attached hydrogen (secondary N) is 1. The van der Waals surface area contributed by atoms with Gasteiger partial charge in [0.25, 0.3) is 0 Å². The Kier molecular flexibility index (Phi) is 4.35. The second kappa shape index (κ2) is 5.83. The third-order valence-electron chi connectivity index (χ3n) is 4.32. The lowest BCUT2D eigenvalue weighted by Gasteiger charge is -2.38. The van der Waals surface area contributed by atoms with Crippen molar-refractivity contribution in [3.8, 4) is 0 Å². The summed E-state index contributed by atoms with van der Waals surface area (Å²) in [5.41, 5.74) is 4.02. The van der Waals surface area contributed by atoms with Crippen LogP contribution in [0.2, 0.25) is 0 Å². The lowest BCUT2D eigenvalue weighted by molar-refractivity contribution is 0.339. The molecule has 3 heteroatoms. The molecule has 19 heavy (non-hydrogen) atoms. The van der Waals surface area contributed by atoms with E-state index in [-0.39, 0.29) is 0 Å². The van der Waals surface area contributed by atoms with Crippen LogP contribution >= 0.6 is 0 Å². The molecule has 1 aliphatic heterocycles. The van der Waals surface area contributed by atoms with Gasteiger partial charge in [0.1, 0.15) is 0 Å². The first-order valence-electron chi connectivity index (χ1n) is 7.23. The van der Waals surface area contributed by atoms with Crippen LogP contribution in [0, 0.1) is 12.8 Å². The van der Waals surface area contributed by atoms with E-state index in [1.807, 2.05) is 0 Å². The SMILES string of the molecule is CNC1CCN(c2ccc(C)c(N(C)C)c2)CC1C. The van der Waals surface area contributed by atoms with Gasteiger partial charge in [0.2, 0.25) is 0 Å². The number of hydrogen-bond acceptors (Lipinski definition) is 3. The first-order valence-corrected chi connectivity index (χ1v) is 7.23. The molecule has 1 aliphatic rings. The lowest BCUT2D eigenvalue weighted by Crippen LogP contribution is -2.47. The quantitative estimate of drug-likeness (QED) is 0.902. The van der Waals surface area contributed by atoms with Crippen LogP contribution in [0.25, 0.3) is 0 Å². The maximum Gasteiger partial charge on any atom is 0.0411 e. The summed E-state index contributed by atoms with van der Waals surface area (Å²) in [6.07, 6.45) is 1.23. The summed E-state index contributed by atoms with van der Waals surface area (Å²) in [5, 5.41) is 3.43. The van der Waals surface area contributed by atoms with E-state index in [4.69, 9.17) is 0 Å². The van der Waals surface area contributed by atoms with Gasteiger partial charge in [-0.25, -0.2) is 0 Å². The molecule has 2 unspecified atom stereocenters. The second-order valence-electron chi connectivity index (χ2n) is 5.97. The molecule has 1 aromatic rings. The summed E-state index contributed by atoms with van der Waals surface area (Å²) in [5.74, 6) is 0.697. The van der Waals surface area contributed by atoms with E-state index in [0.29, 0.717) is 12.0 Å². The fraction of sp³-hybridized carbons (Fsp3) is 0.625. The van der Waals surface area contributed by atoms with Gasteiger partial charge in [-0.05, 0) is 44.0 Å². The number of aryl methyl sites for hydroxylation is 1. The fourth-order valence-electron chi connectivity index (χ4n) is 3.09. The minimum absolute atomic E-state index is 0.662. The van der Waals surface area contributed by atoms with Gasteiger partial charge in [-0.1, -0.05) is 13.0 Å². The second-order valence-corrected chi connectivity index (χ2v) is 5.97. The van der Waals surface area contributed by atoms with Gasteiger partial charge in [0, 0.05) is 44.6 Å². The molecule has 2 rings (SSSR count). The normalized spacial score (nSPS) is 23.5. The smallest absolute Gasteiger partial charge is 0.0411 e. The van der Waals surface area contributed by atoms with Gasteiger partial charge in [0.15, 0.2) is 0 Å². The van der Waals surface area contributed by atoms with Crippen molar-refractivity contribution in [2.45, 2.75) is 26.3 Å². The number of benzene rings is 1. The van der Waals surface area contributed by atoms with Gasteiger partial charge < -0.3 is 15.1 Å². The average molecular weight is 261 g/mol. The van der Waals surface area contributed by atoms with E-state index in [2.05, 4.69) is 68.3 Å². The molecule has 2 atom stereocenters. The standard InChI is InChI=1S/C16H27N3/c1-12-6-7-14(10-16(12)18(4)5)19-9-8-15(17-3)13(2)11-19/h6-7,10,13,15,17H,8-9,11H2,1-5H3. The Morgan fingerprint density at radius 3 is 2.63 bits per heavy atom. The zero-order chi connectivity index (χ0) is 14.0. The minimum Gasteiger partial charge on any atom is -0.377 e. The predicted molar refractivity (Wildman–Crippen MR) is 84.3 cm³/mol. The van der Waals surface area contributed by atoms with Crippen molar-refractivity contribution in [1.82, 2.24) is 5.32 Å². The summed E-state index contributed by atoms with van der Waals surface area (Å²) in [4.78, 5) is 4.72. The number of anilines is 2. The van der Waals surface area contributed by atoms with Gasteiger partial charge in [0.05, 0.1) is 0 Å². The van der Waals surface area contributed by atoms with E-state index in [0.717, 1.165) is 13.1 Å². The molecular weight excluding hydrogens is 234 g/mol. The first-order chi connectivity index (χ1) is 9.02. The molecule has 1 fully saturated rings. The highest BCUT2D eigenvalue weighted by Crippen LogP contribution is 2.28. The van der Waals surface area contributed by atoms with Crippen molar-refractivity contribution in [3.05, 3.63) is 23.8 Å². The van der Waals surface area contributed by atoms with Crippen molar-refractivity contribution in [2.24, 2.45) is 5.92 Å². The molecule has 0 amide bonds. The molecule has 0 aliphatic carbocycles. The Morgan fingerprint density at radius 2 is 2.05 bits per heavy atom. The van der Waals surface area contributed by atoms with Crippen LogP contribution in [0.1, 0.15) is 18.9 Å². The summed E-state index contributed by atoms with van der Waals surface area (Å²) in [7, 11) is 6.30. The highest BCUT2D eigenvalue weighted by molar-refractivity contribution is 5.63. The van der Waals surface area contributed by atoms with Crippen molar-refractivity contribution in [2.75, 3.05) is 44.0 Å². The van der Waals surface area contributed by atoms with Crippen LogP contribution < -0.4 is 15.1 Å². The number of rotatable bonds is 3. The molecule has 0 spiro atoms. The van der Waals surface area contributed by atoms with Crippen LogP contribution in [0.5, 0.6) is 0 Å². The van der Waals surface area contributed by atoms with E-state index in [9.17, 15) is 0 Å². The van der Waals surface area contributed by atoms with Gasteiger partial charge in [-0.3, -0.25) is 0 Å². The third kappa shape index (κ3) is 3.03. The molecule has 1 N–H and O–H groups in total. The van der Waals surface area contributed by atoms with E-state index in [1.165, 1.54) is 23.4 Å². The van der Waals surface area contributed by atoms with Gasteiger partial charge in [-0.2, -0.15) is 0 Å². The topological polar surface area (TPSA) is 18.5 Å². The third-order valence-corrected chi connectivity index (χ3v) is 4.32. The number of nitrogens with zero attached hydrogens (tertiary/aromatic N) is 2. The number of piperidine rings is 1. The molecule has 0 aromatic heterocycles. The molecule has 0 radical (unpaired) electrons. The monoisotopic (exact) mass is 261 g/mol. The Balaban J connectivity index is 2.17. The highest BCUT2D eigenvalue weighted by atomic mass is 15.2. The Morgan fingerprint density at radius 1 is 1.32 bits per heavy atom. The zero-order valence-electron chi connectivity index (χ0n) is 12.9. The van der Waals surface area contributed by atoms with Crippen molar-refractivity contribution in [3.63, 3.8) is 0 Å².